The number of hydrogen-bond acceptors (Lipinski definition) is 5. The minimum atomic E-state index is -0.303. The van der Waals surface area contributed by atoms with Crippen LogP contribution in [0.5, 0.6) is 0 Å². The number of likely N-dealkylation sites (tertiary alicyclic amines) is 1. The molecule has 0 unspecified atom stereocenters. The number of piperidine rings is 1. The topological polar surface area (TPSA) is 55.1 Å². The van der Waals surface area contributed by atoms with Crippen LogP contribution in [-0.4, -0.2) is 33.1 Å². The van der Waals surface area contributed by atoms with Crippen molar-refractivity contribution in [3.05, 3.63) is 66.1 Å². The number of hydrogen-bond donors (Lipinski definition) is 0. The summed E-state index contributed by atoms with van der Waals surface area (Å²) < 4.78 is 18.8. The Hall–Kier alpha value is -2.60. The Morgan fingerprint density at radius 3 is 3.00 bits per heavy atom. The Morgan fingerprint density at radius 2 is 2.16 bits per heavy atom. The van der Waals surface area contributed by atoms with E-state index in [4.69, 9.17) is 4.52 Å². The number of pyridine rings is 1. The maximum Gasteiger partial charge on any atom is 0.231 e. The van der Waals surface area contributed by atoms with Gasteiger partial charge in [0.15, 0.2) is 0 Å². The van der Waals surface area contributed by atoms with E-state index in [1.54, 1.807) is 12.1 Å². The first kappa shape index (κ1) is 15.9. The molecule has 3 heterocycles. The van der Waals surface area contributed by atoms with E-state index in [9.17, 15) is 4.39 Å². The normalized spacial score (nSPS) is 18.4. The summed E-state index contributed by atoms with van der Waals surface area (Å²) in [6, 6.07) is 12.2. The molecule has 0 N–H and O–H groups in total. The van der Waals surface area contributed by atoms with Gasteiger partial charge in [0.05, 0.1) is 11.6 Å². The molecule has 1 atom stereocenters. The molecule has 1 aliphatic heterocycles. The Kier molecular flexibility index (Phi) is 4.52. The molecule has 0 spiro atoms. The first-order valence-electron chi connectivity index (χ1n) is 8.50. The van der Waals surface area contributed by atoms with E-state index >= 15 is 0 Å². The van der Waals surface area contributed by atoms with Crippen LogP contribution in [0.1, 0.15) is 30.3 Å². The van der Waals surface area contributed by atoms with Crippen molar-refractivity contribution < 1.29 is 8.91 Å². The van der Waals surface area contributed by atoms with Crippen molar-refractivity contribution in [1.29, 1.82) is 0 Å². The predicted octanol–water partition coefficient (Wildman–Crippen LogP) is 3.65. The van der Waals surface area contributed by atoms with Crippen LogP contribution in [0.25, 0.3) is 11.4 Å². The molecule has 5 nitrogen and oxygen atoms in total. The molecular formula is C19H19FN4O. The summed E-state index contributed by atoms with van der Waals surface area (Å²) in [6.07, 6.45) is 3.92. The van der Waals surface area contributed by atoms with Gasteiger partial charge >= 0.3 is 0 Å². The van der Waals surface area contributed by atoms with Crippen molar-refractivity contribution in [1.82, 2.24) is 20.0 Å². The van der Waals surface area contributed by atoms with Crippen LogP contribution in [0.15, 0.2) is 53.2 Å². The standard InChI is InChI=1S/C19H19FN4O/c20-16-7-3-5-14(11-16)18-22-19(25-23-18)15-6-4-10-24(12-15)13-17-8-1-2-9-21-17/h1-3,5,7-9,11,15H,4,6,10,12-13H2/t15-/m1/s1. The van der Waals surface area contributed by atoms with Crippen LogP contribution in [0, 0.1) is 5.82 Å². The summed E-state index contributed by atoms with van der Waals surface area (Å²) in [5.74, 6) is 0.969. The van der Waals surface area contributed by atoms with Crippen molar-refractivity contribution in [3.63, 3.8) is 0 Å². The molecule has 0 bridgehead atoms. The molecule has 1 saturated heterocycles. The molecule has 4 rings (SSSR count). The molecule has 0 aliphatic carbocycles. The van der Waals surface area contributed by atoms with Crippen LogP contribution < -0.4 is 0 Å². The van der Waals surface area contributed by atoms with Crippen molar-refractivity contribution in [2.75, 3.05) is 13.1 Å². The largest absolute Gasteiger partial charge is 0.339 e. The lowest BCUT2D eigenvalue weighted by molar-refractivity contribution is 0.178. The van der Waals surface area contributed by atoms with Gasteiger partial charge in [0.1, 0.15) is 5.82 Å². The zero-order valence-electron chi connectivity index (χ0n) is 13.8. The van der Waals surface area contributed by atoms with Crippen LogP contribution in [0.3, 0.4) is 0 Å². The highest BCUT2D eigenvalue weighted by Crippen LogP contribution is 2.28. The predicted molar refractivity (Wildman–Crippen MR) is 91.2 cm³/mol. The van der Waals surface area contributed by atoms with E-state index in [1.807, 2.05) is 24.4 Å². The smallest absolute Gasteiger partial charge is 0.231 e. The second-order valence-electron chi connectivity index (χ2n) is 6.36. The van der Waals surface area contributed by atoms with Gasteiger partial charge in [0.25, 0.3) is 0 Å². The molecule has 1 fully saturated rings. The number of halogens is 1. The first-order chi connectivity index (χ1) is 12.3. The molecule has 0 radical (unpaired) electrons. The highest BCUT2D eigenvalue weighted by atomic mass is 19.1. The monoisotopic (exact) mass is 338 g/mol. The van der Waals surface area contributed by atoms with E-state index in [0.29, 0.717) is 17.3 Å². The quantitative estimate of drug-likeness (QED) is 0.727. The van der Waals surface area contributed by atoms with Crippen molar-refractivity contribution in [2.45, 2.75) is 25.3 Å². The molecular weight excluding hydrogens is 319 g/mol. The Bertz CT molecular complexity index is 836. The molecule has 0 amide bonds. The molecule has 3 aromatic rings. The van der Waals surface area contributed by atoms with Gasteiger partial charge in [-0.25, -0.2) is 4.39 Å². The lowest BCUT2D eigenvalue weighted by atomic mass is 9.98. The maximum absolute atomic E-state index is 13.4. The van der Waals surface area contributed by atoms with Crippen LogP contribution in [-0.2, 0) is 6.54 Å². The zero-order valence-corrected chi connectivity index (χ0v) is 13.8. The summed E-state index contributed by atoms with van der Waals surface area (Å²) in [7, 11) is 0. The summed E-state index contributed by atoms with van der Waals surface area (Å²) in [5.41, 5.74) is 1.70. The second-order valence-corrected chi connectivity index (χ2v) is 6.36. The molecule has 128 valence electrons. The third-order valence-electron chi connectivity index (χ3n) is 4.49. The van der Waals surface area contributed by atoms with Gasteiger partial charge < -0.3 is 4.52 Å². The van der Waals surface area contributed by atoms with E-state index < -0.39 is 0 Å². The van der Waals surface area contributed by atoms with Gasteiger partial charge in [-0.05, 0) is 43.7 Å². The number of benzene rings is 1. The van der Waals surface area contributed by atoms with Crippen LogP contribution in [0.2, 0.25) is 0 Å². The van der Waals surface area contributed by atoms with Crippen molar-refractivity contribution in [2.24, 2.45) is 0 Å². The first-order valence-corrected chi connectivity index (χ1v) is 8.50. The van der Waals surface area contributed by atoms with E-state index in [1.165, 1.54) is 12.1 Å². The number of nitrogens with zero attached hydrogens (tertiary/aromatic N) is 4. The summed E-state index contributed by atoms with van der Waals surface area (Å²) in [6.45, 7) is 2.72. The van der Waals surface area contributed by atoms with Crippen molar-refractivity contribution in [3.8, 4) is 11.4 Å². The third kappa shape index (κ3) is 3.74. The highest BCUT2D eigenvalue weighted by Gasteiger charge is 2.26. The molecule has 6 heteroatoms. The average molecular weight is 338 g/mol. The molecule has 2 aromatic heterocycles. The number of aromatic nitrogens is 3. The second kappa shape index (κ2) is 7.11. The summed E-state index contributed by atoms with van der Waals surface area (Å²) in [4.78, 5) is 11.3. The molecule has 1 aliphatic rings. The SMILES string of the molecule is Fc1cccc(-c2noc([C@@H]3CCCN(Cc4ccccn4)C3)n2)c1. The minimum Gasteiger partial charge on any atom is -0.339 e. The molecule has 1 aromatic carbocycles. The summed E-state index contributed by atoms with van der Waals surface area (Å²) in [5, 5.41) is 4.03. The van der Waals surface area contributed by atoms with Gasteiger partial charge in [-0.3, -0.25) is 9.88 Å². The highest BCUT2D eigenvalue weighted by molar-refractivity contribution is 5.53. The van der Waals surface area contributed by atoms with E-state index in [-0.39, 0.29) is 11.7 Å². The van der Waals surface area contributed by atoms with Crippen LogP contribution in [0.4, 0.5) is 4.39 Å². The lowest BCUT2D eigenvalue weighted by Crippen LogP contribution is -2.34. The fourth-order valence-electron chi connectivity index (χ4n) is 3.27. The molecule has 0 saturated carbocycles. The van der Waals surface area contributed by atoms with Gasteiger partial charge in [0.2, 0.25) is 11.7 Å². The Balaban J connectivity index is 1.46. The summed E-state index contributed by atoms with van der Waals surface area (Å²) >= 11 is 0. The zero-order chi connectivity index (χ0) is 17.1. The van der Waals surface area contributed by atoms with Gasteiger partial charge in [-0.15, -0.1) is 0 Å². The molecule has 25 heavy (non-hydrogen) atoms. The fourth-order valence-corrected chi connectivity index (χ4v) is 3.27. The van der Waals surface area contributed by atoms with Gasteiger partial charge in [0, 0.05) is 24.8 Å². The Labute approximate surface area is 145 Å². The van der Waals surface area contributed by atoms with Gasteiger partial charge in [-0.2, -0.15) is 4.98 Å². The Morgan fingerprint density at radius 1 is 1.20 bits per heavy atom. The minimum absolute atomic E-state index is 0.201. The van der Waals surface area contributed by atoms with Crippen LogP contribution >= 0.6 is 0 Å². The van der Waals surface area contributed by atoms with E-state index in [2.05, 4.69) is 20.0 Å². The lowest BCUT2D eigenvalue weighted by Gasteiger charge is -2.30. The van der Waals surface area contributed by atoms with Gasteiger partial charge in [-0.1, -0.05) is 23.4 Å². The number of rotatable bonds is 4. The third-order valence-corrected chi connectivity index (χ3v) is 4.49. The average Bonchev–Trinajstić information content (AvgIpc) is 3.13. The maximum atomic E-state index is 13.4. The van der Waals surface area contributed by atoms with E-state index in [0.717, 1.165) is 38.2 Å². The van der Waals surface area contributed by atoms with Crippen molar-refractivity contribution >= 4 is 0 Å². The fraction of sp³-hybridized carbons (Fsp3) is 0.316.